The maximum absolute atomic E-state index is 12.6. The Kier molecular flexibility index (Phi) is 8.47. The first kappa shape index (κ1) is 25.7. The Hall–Kier alpha value is -3.87. The van der Waals surface area contributed by atoms with Gasteiger partial charge in [-0.3, -0.25) is 14.4 Å². The summed E-state index contributed by atoms with van der Waals surface area (Å²) in [6, 6.07) is 17.9. The number of benzene rings is 2. The van der Waals surface area contributed by atoms with Gasteiger partial charge in [0.1, 0.15) is 11.8 Å². The molecular formula is C28H33N3O4. The van der Waals surface area contributed by atoms with E-state index >= 15 is 0 Å². The molecule has 0 fully saturated rings. The molecule has 0 bridgehead atoms. The second-order valence-electron chi connectivity index (χ2n) is 9.14. The number of likely N-dealkylation sites (N-methyl/N-ethyl adjacent to an activating group) is 1. The monoisotopic (exact) mass is 475 g/mol. The number of amides is 3. The van der Waals surface area contributed by atoms with Crippen LogP contribution in [-0.4, -0.2) is 30.8 Å². The molecule has 0 aliphatic rings. The van der Waals surface area contributed by atoms with Crippen LogP contribution in [-0.2, 0) is 11.3 Å². The summed E-state index contributed by atoms with van der Waals surface area (Å²) in [6.45, 7) is 8.26. The van der Waals surface area contributed by atoms with Crippen molar-refractivity contribution in [3.05, 3.63) is 83.1 Å². The fraction of sp³-hybridized carbons (Fsp3) is 0.321. The average Bonchev–Trinajstić information content (AvgIpc) is 3.36. The number of carbonyl (C=O) groups excluding carboxylic acids is 3. The van der Waals surface area contributed by atoms with E-state index in [2.05, 4.69) is 29.8 Å². The summed E-state index contributed by atoms with van der Waals surface area (Å²) in [5, 5.41) is 8.25. The largest absolute Gasteiger partial charge is 0.451 e. The molecular weight excluding hydrogens is 442 g/mol. The summed E-state index contributed by atoms with van der Waals surface area (Å²) in [5.74, 6) is 0.0715. The van der Waals surface area contributed by atoms with Crippen LogP contribution in [0.1, 0.15) is 65.7 Å². The lowest BCUT2D eigenvalue weighted by Crippen LogP contribution is -2.48. The zero-order valence-corrected chi connectivity index (χ0v) is 20.8. The van der Waals surface area contributed by atoms with Gasteiger partial charge >= 0.3 is 0 Å². The van der Waals surface area contributed by atoms with Crippen LogP contribution in [0.15, 0.2) is 65.1 Å². The predicted molar refractivity (Wildman–Crippen MR) is 136 cm³/mol. The molecule has 1 unspecified atom stereocenters. The van der Waals surface area contributed by atoms with Gasteiger partial charge in [-0.2, -0.15) is 0 Å². The Labute approximate surface area is 206 Å². The molecule has 0 aliphatic carbocycles. The van der Waals surface area contributed by atoms with Gasteiger partial charge < -0.3 is 20.4 Å². The van der Waals surface area contributed by atoms with Crippen molar-refractivity contribution in [1.29, 1.82) is 0 Å². The van der Waals surface area contributed by atoms with Crippen LogP contribution in [0.25, 0.3) is 11.3 Å². The maximum Gasteiger partial charge on any atom is 0.287 e. The van der Waals surface area contributed by atoms with Gasteiger partial charge in [0.25, 0.3) is 11.8 Å². The van der Waals surface area contributed by atoms with Crippen LogP contribution in [0.4, 0.5) is 0 Å². The number of furan rings is 1. The van der Waals surface area contributed by atoms with E-state index in [9.17, 15) is 14.4 Å². The predicted octanol–water partition coefficient (Wildman–Crippen LogP) is 4.50. The molecule has 1 aromatic heterocycles. The number of rotatable bonds is 9. The topological polar surface area (TPSA) is 100 Å². The molecule has 1 atom stereocenters. The number of carbonyl (C=O) groups is 3. The summed E-state index contributed by atoms with van der Waals surface area (Å²) in [4.78, 5) is 37.3. The van der Waals surface area contributed by atoms with E-state index in [1.165, 1.54) is 7.05 Å². The van der Waals surface area contributed by atoms with Crippen LogP contribution in [0.3, 0.4) is 0 Å². The van der Waals surface area contributed by atoms with Crippen molar-refractivity contribution in [1.82, 2.24) is 16.0 Å². The Bertz CT molecular complexity index is 1200. The molecule has 0 spiro atoms. The molecule has 3 rings (SSSR count). The third kappa shape index (κ3) is 6.59. The zero-order valence-electron chi connectivity index (χ0n) is 20.8. The van der Waals surface area contributed by atoms with E-state index in [1.54, 1.807) is 18.2 Å². The minimum Gasteiger partial charge on any atom is -0.451 e. The SMILES string of the molecule is CNC(=O)C(NC(=O)c1ccc(-c2cccc(CNC(=O)c3cccc(C(C)C)c3)c2)o1)C(C)C. The van der Waals surface area contributed by atoms with Crippen molar-refractivity contribution < 1.29 is 18.8 Å². The molecule has 1 heterocycles. The highest BCUT2D eigenvalue weighted by atomic mass is 16.4. The molecule has 7 heteroatoms. The lowest BCUT2D eigenvalue weighted by atomic mass is 10.0. The Morgan fingerprint density at radius 1 is 0.886 bits per heavy atom. The van der Waals surface area contributed by atoms with Crippen molar-refractivity contribution in [2.75, 3.05) is 7.05 Å². The standard InChI is InChI=1S/C28H33N3O4/c1-17(2)20-9-7-11-22(15-20)26(32)30-16-19-8-6-10-21(14-19)23-12-13-24(35-23)27(33)31-25(18(3)4)28(34)29-5/h6-15,17-18,25H,16H2,1-5H3,(H,29,34)(H,30,32)(H,31,33). The molecule has 3 amide bonds. The molecule has 35 heavy (non-hydrogen) atoms. The number of hydrogen-bond acceptors (Lipinski definition) is 4. The van der Waals surface area contributed by atoms with E-state index in [-0.39, 0.29) is 23.5 Å². The van der Waals surface area contributed by atoms with Crippen LogP contribution in [0, 0.1) is 5.92 Å². The summed E-state index contributed by atoms with van der Waals surface area (Å²) in [5.41, 5.74) is 3.43. The van der Waals surface area contributed by atoms with Gasteiger partial charge in [-0.1, -0.05) is 58.0 Å². The van der Waals surface area contributed by atoms with Gasteiger partial charge in [-0.15, -0.1) is 0 Å². The van der Waals surface area contributed by atoms with E-state index in [1.807, 2.05) is 56.3 Å². The van der Waals surface area contributed by atoms with Crippen molar-refractivity contribution in [3.8, 4) is 11.3 Å². The molecule has 2 aromatic carbocycles. The molecule has 7 nitrogen and oxygen atoms in total. The van der Waals surface area contributed by atoms with E-state index in [4.69, 9.17) is 4.42 Å². The van der Waals surface area contributed by atoms with E-state index in [0.29, 0.717) is 23.8 Å². The van der Waals surface area contributed by atoms with Gasteiger partial charge in [-0.25, -0.2) is 0 Å². The van der Waals surface area contributed by atoms with Gasteiger partial charge in [0, 0.05) is 24.7 Å². The minimum atomic E-state index is -0.658. The van der Waals surface area contributed by atoms with Crippen molar-refractivity contribution in [2.45, 2.75) is 46.2 Å². The summed E-state index contributed by atoms with van der Waals surface area (Å²) in [7, 11) is 1.53. The fourth-order valence-corrected chi connectivity index (χ4v) is 3.68. The molecule has 0 radical (unpaired) electrons. The summed E-state index contributed by atoms with van der Waals surface area (Å²) < 4.78 is 5.78. The summed E-state index contributed by atoms with van der Waals surface area (Å²) >= 11 is 0. The van der Waals surface area contributed by atoms with Crippen LogP contribution in [0.2, 0.25) is 0 Å². The van der Waals surface area contributed by atoms with Crippen LogP contribution < -0.4 is 16.0 Å². The molecule has 0 aliphatic heterocycles. The second-order valence-corrected chi connectivity index (χ2v) is 9.14. The highest BCUT2D eigenvalue weighted by Gasteiger charge is 2.25. The normalized spacial score (nSPS) is 11.9. The zero-order chi connectivity index (χ0) is 25.5. The molecule has 0 saturated heterocycles. The van der Waals surface area contributed by atoms with Crippen LogP contribution in [0.5, 0.6) is 0 Å². The van der Waals surface area contributed by atoms with Crippen molar-refractivity contribution >= 4 is 17.7 Å². The first-order valence-corrected chi connectivity index (χ1v) is 11.8. The van der Waals surface area contributed by atoms with Crippen molar-refractivity contribution in [3.63, 3.8) is 0 Å². The van der Waals surface area contributed by atoms with Crippen molar-refractivity contribution in [2.24, 2.45) is 5.92 Å². The van der Waals surface area contributed by atoms with E-state index in [0.717, 1.165) is 16.7 Å². The minimum absolute atomic E-state index is 0.0759. The molecule has 3 aromatic rings. The van der Waals surface area contributed by atoms with Gasteiger partial charge in [0.15, 0.2) is 5.76 Å². The summed E-state index contributed by atoms with van der Waals surface area (Å²) in [6.07, 6.45) is 0. The highest BCUT2D eigenvalue weighted by molar-refractivity contribution is 5.96. The number of hydrogen-bond donors (Lipinski definition) is 3. The Morgan fingerprint density at radius 2 is 1.63 bits per heavy atom. The maximum atomic E-state index is 12.6. The number of nitrogens with one attached hydrogen (secondary N) is 3. The third-order valence-electron chi connectivity index (χ3n) is 5.79. The van der Waals surface area contributed by atoms with Gasteiger partial charge in [0.2, 0.25) is 5.91 Å². The first-order chi connectivity index (χ1) is 16.7. The lowest BCUT2D eigenvalue weighted by molar-refractivity contribution is -0.123. The van der Waals surface area contributed by atoms with Gasteiger partial charge in [0.05, 0.1) is 0 Å². The first-order valence-electron chi connectivity index (χ1n) is 11.8. The Balaban J connectivity index is 1.67. The average molecular weight is 476 g/mol. The van der Waals surface area contributed by atoms with Crippen LogP contribution >= 0.6 is 0 Å². The quantitative estimate of drug-likeness (QED) is 0.424. The van der Waals surface area contributed by atoms with Gasteiger partial charge in [-0.05, 0) is 53.3 Å². The lowest BCUT2D eigenvalue weighted by Gasteiger charge is -2.19. The molecule has 184 valence electrons. The third-order valence-corrected chi connectivity index (χ3v) is 5.79. The Morgan fingerprint density at radius 3 is 2.31 bits per heavy atom. The smallest absolute Gasteiger partial charge is 0.287 e. The van der Waals surface area contributed by atoms with E-state index < -0.39 is 11.9 Å². The second kappa shape index (κ2) is 11.5. The fourth-order valence-electron chi connectivity index (χ4n) is 3.68. The molecule has 3 N–H and O–H groups in total. The molecule has 0 saturated carbocycles. The highest BCUT2D eigenvalue weighted by Crippen LogP contribution is 2.24.